The minimum Gasteiger partial charge on any atom is -0.396 e. The zero-order valence-corrected chi connectivity index (χ0v) is 9.93. The zero-order valence-electron chi connectivity index (χ0n) is 9.93. The Bertz CT molecular complexity index is 482. The smallest absolute Gasteiger partial charge is 0.133 e. The van der Waals surface area contributed by atoms with Crippen LogP contribution < -0.4 is 5.73 Å². The van der Waals surface area contributed by atoms with Gasteiger partial charge in [0.1, 0.15) is 5.82 Å². The van der Waals surface area contributed by atoms with Crippen molar-refractivity contribution >= 4 is 5.69 Å². The monoisotopic (exact) mass is 228 g/mol. The lowest BCUT2D eigenvalue weighted by molar-refractivity contribution is 0.844. The van der Waals surface area contributed by atoms with E-state index in [9.17, 15) is 0 Å². The van der Waals surface area contributed by atoms with Crippen molar-refractivity contribution in [1.29, 1.82) is 0 Å². The van der Waals surface area contributed by atoms with Crippen molar-refractivity contribution in [3.8, 4) is 0 Å². The summed E-state index contributed by atoms with van der Waals surface area (Å²) in [6.45, 7) is 2.11. The number of nitrogen functional groups attached to an aromatic ring is 1. The number of hydrogen-bond donors (Lipinski definition) is 1. The molecule has 2 aromatic rings. The normalized spacial score (nSPS) is 10.4. The van der Waals surface area contributed by atoms with E-state index in [-0.39, 0.29) is 0 Å². The van der Waals surface area contributed by atoms with Gasteiger partial charge in [0.05, 0.1) is 17.6 Å². The SMILES string of the molecule is CCCc1nc(Cc2cccnc2)ncc1N. The van der Waals surface area contributed by atoms with Crippen molar-refractivity contribution in [2.75, 3.05) is 5.73 Å². The third-order valence-electron chi connectivity index (χ3n) is 2.52. The molecular formula is C13H16N4. The fraction of sp³-hybridized carbons (Fsp3) is 0.308. The highest BCUT2D eigenvalue weighted by Crippen LogP contribution is 2.11. The van der Waals surface area contributed by atoms with Crippen LogP contribution in [0.25, 0.3) is 0 Å². The minimum absolute atomic E-state index is 0.682. The first-order valence-corrected chi connectivity index (χ1v) is 5.78. The first kappa shape index (κ1) is 11.5. The van der Waals surface area contributed by atoms with E-state index in [2.05, 4.69) is 21.9 Å². The highest BCUT2D eigenvalue weighted by atomic mass is 14.9. The molecule has 0 bridgehead atoms. The van der Waals surface area contributed by atoms with Crippen LogP contribution in [-0.2, 0) is 12.8 Å². The Morgan fingerprint density at radius 2 is 2.18 bits per heavy atom. The Kier molecular flexibility index (Phi) is 3.65. The lowest BCUT2D eigenvalue weighted by Gasteiger charge is -2.05. The fourth-order valence-electron chi connectivity index (χ4n) is 1.68. The van der Waals surface area contributed by atoms with Crippen LogP contribution in [0.3, 0.4) is 0 Å². The summed E-state index contributed by atoms with van der Waals surface area (Å²) in [5.74, 6) is 0.802. The highest BCUT2D eigenvalue weighted by Gasteiger charge is 2.04. The molecule has 0 saturated carbocycles. The number of hydrogen-bond acceptors (Lipinski definition) is 4. The number of pyridine rings is 1. The molecule has 2 heterocycles. The Labute approximate surface area is 101 Å². The van der Waals surface area contributed by atoms with Crippen LogP contribution in [0.4, 0.5) is 5.69 Å². The number of rotatable bonds is 4. The van der Waals surface area contributed by atoms with Gasteiger partial charge in [0.25, 0.3) is 0 Å². The molecule has 0 aliphatic carbocycles. The maximum atomic E-state index is 5.83. The topological polar surface area (TPSA) is 64.7 Å². The van der Waals surface area contributed by atoms with E-state index in [0.717, 1.165) is 29.9 Å². The van der Waals surface area contributed by atoms with Gasteiger partial charge in [-0.05, 0) is 18.1 Å². The predicted molar refractivity (Wildman–Crippen MR) is 67.5 cm³/mol. The summed E-state index contributed by atoms with van der Waals surface area (Å²) >= 11 is 0. The second-order valence-corrected chi connectivity index (χ2v) is 3.98. The summed E-state index contributed by atoms with van der Waals surface area (Å²) in [5.41, 5.74) is 8.57. The molecule has 2 rings (SSSR count). The van der Waals surface area contributed by atoms with Crippen LogP contribution >= 0.6 is 0 Å². The molecule has 88 valence electrons. The molecule has 17 heavy (non-hydrogen) atoms. The lowest BCUT2D eigenvalue weighted by atomic mass is 10.2. The molecule has 2 aromatic heterocycles. The third kappa shape index (κ3) is 3.00. The first-order valence-electron chi connectivity index (χ1n) is 5.78. The predicted octanol–water partition coefficient (Wildman–Crippen LogP) is 2.00. The summed E-state index contributed by atoms with van der Waals surface area (Å²) in [6, 6.07) is 3.94. The fourth-order valence-corrected chi connectivity index (χ4v) is 1.68. The molecule has 0 aliphatic heterocycles. The summed E-state index contributed by atoms with van der Waals surface area (Å²) in [7, 11) is 0. The van der Waals surface area contributed by atoms with Crippen molar-refractivity contribution in [1.82, 2.24) is 15.0 Å². The van der Waals surface area contributed by atoms with Gasteiger partial charge in [0.15, 0.2) is 0 Å². The minimum atomic E-state index is 0.682. The van der Waals surface area contributed by atoms with Crippen LogP contribution in [0, 0.1) is 0 Å². The second kappa shape index (κ2) is 5.39. The Morgan fingerprint density at radius 1 is 1.29 bits per heavy atom. The second-order valence-electron chi connectivity index (χ2n) is 3.98. The molecule has 0 fully saturated rings. The van der Waals surface area contributed by atoms with Crippen molar-refractivity contribution in [2.24, 2.45) is 0 Å². The van der Waals surface area contributed by atoms with Crippen LogP contribution in [0.2, 0.25) is 0 Å². The van der Waals surface area contributed by atoms with E-state index in [1.54, 1.807) is 12.4 Å². The molecule has 0 amide bonds. The Morgan fingerprint density at radius 3 is 2.88 bits per heavy atom. The van der Waals surface area contributed by atoms with Gasteiger partial charge in [-0.15, -0.1) is 0 Å². The van der Waals surface area contributed by atoms with Gasteiger partial charge in [-0.25, -0.2) is 9.97 Å². The standard InChI is InChI=1S/C13H16N4/c1-2-4-12-11(14)9-16-13(17-12)7-10-5-3-6-15-8-10/h3,5-6,8-9H,2,4,7,14H2,1H3. The van der Waals surface area contributed by atoms with Crippen LogP contribution in [-0.4, -0.2) is 15.0 Å². The Hall–Kier alpha value is -1.97. The first-order chi connectivity index (χ1) is 8.29. The van der Waals surface area contributed by atoms with Gasteiger partial charge in [-0.3, -0.25) is 4.98 Å². The van der Waals surface area contributed by atoms with Crippen molar-refractivity contribution < 1.29 is 0 Å². The quantitative estimate of drug-likeness (QED) is 0.869. The van der Waals surface area contributed by atoms with E-state index in [1.165, 1.54) is 0 Å². The molecule has 0 saturated heterocycles. The third-order valence-corrected chi connectivity index (χ3v) is 2.52. The average molecular weight is 228 g/mol. The van der Waals surface area contributed by atoms with Gasteiger partial charge in [-0.1, -0.05) is 19.4 Å². The summed E-state index contributed by atoms with van der Waals surface area (Å²) in [6.07, 6.45) is 7.92. The van der Waals surface area contributed by atoms with Crippen molar-refractivity contribution in [3.05, 3.63) is 47.8 Å². The number of nitrogens with two attached hydrogens (primary N) is 1. The summed E-state index contributed by atoms with van der Waals surface area (Å²) in [4.78, 5) is 12.8. The average Bonchev–Trinajstić information content (AvgIpc) is 2.35. The van der Waals surface area contributed by atoms with Crippen molar-refractivity contribution in [2.45, 2.75) is 26.2 Å². The lowest BCUT2D eigenvalue weighted by Crippen LogP contribution is -2.04. The van der Waals surface area contributed by atoms with E-state index in [1.807, 2.05) is 18.3 Å². The van der Waals surface area contributed by atoms with Gasteiger partial charge in [0, 0.05) is 18.8 Å². The largest absolute Gasteiger partial charge is 0.396 e. The van der Waals surface area contributed by atoms with Crippen molar-refractivity contribution in [3.63, 3.8) is 0 Å². The van der Waals surface area contributed by atoms with E-state index >= 15 is 0 Å². The Balaban J connectivity index is 2.19. The van der Waals surface area contributed by atoms with Gasteiger partial charge in [-0.2, -0.15) is 0 Å². The maximum absolute atomic E-state index is 5.83. The van der Waals surface area contributed by atoms with Gasteiger partial charge < -0.3 is 5.73 Å². The number of aromatic nitrogens is 3. The molecule has 0 spiro atoms. The zero-order chi connectivity index (χ0) is 12.1. The molecule has 0 aromatic carbocycles. The van der Waals surface area contributed by atoms with Crippen LogP contribution in [0.1, 0.15) is 30.4 Å². The maximum Gasteiger partial charge on any atom is 0.133 e. The van der Waals surface area contributed by atoms with E-state index < -0.39 is 0 Å². The van der Waals surface area contributed by atoms with Gasteiger partial charge >= 0.3 is 0 Å². The molecule has 0 radical (unpaired) electrons. The molecule has 0 atom stereocenters. The highest BCUT2D eigenvalue weighted by molar-refractivity contribution is 5.40. The summed E-state index contributed by atoms with van der Waals surface area (Å²) < 4.78 is 0. The molecule has 4 heteroatoms. The summed E-state index contributed by atoms with van der Waals surface area (Å²) in [5, 5.41) is 0. The van der Waals surface area contributed by atoms with Gasteiger partial charge in [0.2, 0.25) is 0 Å². The molecular weight excluding hydrogens is 212 g/mol. The van der Waals surface area contributed by atoms with E-state index in [4.69, 9.17) is 5.73 Å². The molecule has 2 N–H and O–H groups in total. The van der Waals surface area contributed by atoms with E-state index in [0.29, 0.717) is 12.1 Å². The molecule has 0 aliphatic rings. The number of anilines is 1. The number of aryl methyl sites for hydroxylation is 1. The van der Waals surface area contributed by atoms with Crippen LogP contribution in [0.5, 0.6) is 0 Å². The number of nitrogens with zero attached hydrogens (tertiary/aromatic N) is 3. The molecule has 4 nitrogen and oxygen atoms in total. The van der Waals surface area contributed by atoms with Crippen LogP contribution in [0.15, 0.2) is 30.7 Å². The molecule has 0 unspecified atom stereocenters.